The van der Waals surface area contributed by atoms with Crippen LogP contribution in [0.2, 0.25) is 0 Å². The van der Waals surface area contributed by atoms with Crippen LogP contribution >= 0.6 is 0 Å². The maximum atomic E-state index is 12.3. The summed E-state index contributed by atoms with van der Waals surface area (Å²) >= 11 is 0. The van der Waals surface area contributed by atoms with Crippen molar-refractivity contribution in [2.24, 2.45) is 0 Å². The fourth-order valence-corrected chi connectivity index (χ4v) is 2.92. The summed E-state index contributed by atoms with van der Waals surface area (Å²) in [5.74, 6) is 0.292. The molecule has 5 heteroatoms. The average molecular weight is 267 g/mol. The monoisotopic (exact) mass is 267 g/mol. The molecule has 2 rings (SSSR count). The number of rotatable bonds is 6. The zero-order valence-electron chi connectivity index (χ0n) is 11.9. The first-order chi connectivity index (χ1) is 9.24. The van der Waals surface area contributed by atoms with Crippen molar-refractivity contribution in [2.75, 3.05) is 32.7 Å². The van der Waals surface area contributed by atoms with Crippen molar-refractivity contribution in [2.45, 2.75) is 45.1 Å². The summed E-state index contributed by atoms with van der Waals surface area (Å²) in [6.45, 7) is 5.82. The second kappa shape index (κ2) is 6.89. The molecule has 5 nitrogen and oxygen atoms in total. The van der Waals surface area contributed by atoms with Gasteiger partial charge in [0.1, 0.15) is 6.04 Å². The molecule has 2 fully saturated rings. The number of piperidine rings is 1. The van der Waals surface area contributed by atoms with Crippen LogP contribution in [0.3, 0.4) is 0 Å². The van der Waals surface area contributed by atoms with Gasteiger partial charge >= 0.3 is 0 Å². The molecule has 19 heavy (non-hydrogen) atoms. The van der Waals surface area contributed by atoms with Crippen molar-refractivity contribution in [1.29, 1.82) is 0 Å². The maximum absolute atomic E-state index is 12.3. The molecule has 0 radical (unpaired) electrons. The molecule has 1 unspecified atom stereocenters. The fraction of sp³-hybridized carbons (Fsp3) is 0.857. The van der Waals surface area contributed by atoms with Crippen LogP contribution in [0.25, 0.3) is 0 Å². The number of carbonyl (C=O) groups excluding carboxylic acids is 2. The van der Waals surface area contributed by atoms with Crippen molar-refractivity contribution in [1.82, 2.24) is 15.1 Å². The second-order valence-electron chi connectivity index (χ2n) is 5.46. The van der Waals surface area contributed by atoms with Gasteiger partial charge < -0.3 is 15.1 Å². The largest absolute Gasteiger partial charge is 0.332 e. The zero-order valence-corrected chi connectivity index (χ0v) is 11.9. The van der Waals surface area contributed by atoms with Crippen molar-refractivity contribution in [3.05, 3.63) is 0 Å². The number of amides is 2. The molecule has 0 aromatic rings. The van der Waals surface area contributed by atoms with E-state index in [0.717, 1.165) is 51.7 Å². The highest BCUT2D eigenvalue weighted by atomic mass is 16.2. The average Bonchev–Trinajstić information content (AvgIpc) is 2.44. The molecule has 1 atom stereocenters. The Morgan fingerprint density at radius 1 is 1.26 bits per heavy atom. The third-order valence-corrected chi connectivity index (χ3v) is 3.95. The summed E-state index contributed by atoms with van der Waals surface area (Å²) in [6, 6.07) is -0.168. The van der Waals surface area contributed by atoms with Gasteiger partial charge in [-0.1, -0.05) is 6.92 Å². The number of hydrogen-bond donors (Lipinski definition) is 1. The number of hydrogen-bond acceptors (Lipinski definition) is 3. The highest BCUT2D eigenvalue weighted by molar-refractivity contribution is 5.95. The minimum absolute atomic E-state index is 0.130. The van der Waals surface area contributed by atoms with Crippen molar-refractivity contribution >= 4 is 11.8 Å². The SMILES string of the molecule is CCCNCCCN1CC(=O)N2CCCCC2C1=O. The lowest BCUT2D eigenvalue weighted by molar-refractivity contribution is -0.157. The number of fused-ring (bicyclic) bond motifs is 1. The van der Waals surface area contributed by atoms with Crippen LogP contribution in [0.1, 0.15) is 39.0 Å². The second-order valence-corrected chi connectivity index (χ2v) is 5.46. The van der Waals surface area contributed by atoms with Gasteiger partial charge in [-0.3, -0.25) is 9.59 Å². The van der Waals surface area contributed by atoms with Crippen LogP contribution in [0.15, 0.2) is 0 Å². The molecule has 2 aliphatic rings. The van der Waals surface area contributed by atoms with E-state index in [9.17, 15) is 9.59 Å². The Morgan fingerprint density at radius 2 is 2.11 bits per heavy atom. The van der Waals surface area contributed by atoms with Crippen molar-refractivity contribution in [3.63, 3.8) is 0 Å². The van der Waals surface area contributed by atoms with Gasteiger partial charge in [-0.2, -0.15) is 0 Å². The van der Waals surface area contributed by atoms with Crippen LogP contribution in [0.5, 0.6) is 0 Å². The molecule has 0 spiro atoms. The molecule has 0 saturated carbocycles. The molecule has 0 bridgehead atoms. The van der Waals surface area contributed by atoms with E-state index in [2.05, 4.69) is 12.2 Å². The minimum Gasteiger partial charge on any atom is -0.332 e. The summed E-state index contributed by atoms with van der Waals surface area (Å²) < 4.78 is 0. The summed E-state index contributed by atoms with van der Waals surface area (Å²) in [6.07, 6.45) is 4.99. The Kier molecular flexibility index (Phi) is 5.19. The molecular weight excluding hydrogens is 242 g/mol. The lowest BCUT2D eigenvalue weighted by atomic mass is 9.98. The van der Waals surface area contributed by atoms with E-state index >= 15 is 0 Å². The van der Waals surface area contributed by atoms with Crippen LogP contribution in [-0.2, 0) is 9.59 Å². The highest BCUT2D eigenvalue weighted by Gasteiger charge is 2.39. The Bertz CT molecular complexity index is 333. The summed E-state index contributed by atoms with van der Waals surface area (Å²) in [7, 11) is 0. The molecule has 0 aliphatic carbocycles. The van der Waals surface area contributed by atoms with Crippen molar-refractivity contribution in [3.8, 4) is 0 Å². The number of nitrogens with zero attached hydrogens (tertiary/aromatic N) is 2. The van der Waals surface area contributed by atoms with Gasteiger partial charge in [-0.05, 0) is 45.2 Å². The summed E-state index contributed by atoms with van der Waals surface area (Å²) in [5, 5.41) is 3.32. The quantitative estimate of drug-likeness (QED) is 0.717. The molecule has 0 aromatic heterocycles. The van der Waals surface area contributed by atoms with Gasteiger partial charge in [-0.15, -0.1) is 0 Å². The lowest BCUT2D eigenvalue weighted by Crippen LogP contribution is -2.61. The fourth-order valence-electron chi connectivity index (χ4n) is 2.92. The van der Waals surface area contributed by atoms with Crippen LogP contribution in [0, 0.1) is 0 Å². The Morgan fingerprint density at radius 3 is 2.89 bits per heavy atom. The molecule has 2 heterocycles. The molecular formula is C14H25N3O2. The van der Waals surface area contributed by atoms with E-state index in [-0.39, 0.29) is 24.4 Å². The Hall–Kier alpha value is -1.10. The molecule has 2 saturated heterocycles. The van der Waals surface area contributed by atoms with Gasteiger partial charge in [0.15, 0.2) is 0 Å². The number of nitrogens with one attached hydrogen (secondary N) is 1. The van der Waals surface area contributed by atoms with E-state index in [0.29, 0.717) is 6.54 Å². The van der Waals surface area contributed by atoms with Gasteiger partial charge in [0.05, 0.1) is 6.54 Å². The predicted octanol–water partition coefficient (Wildman–Crippen LogP) is 0.599. The molecule has 1 N–H and O–H groups in total. The topological polar surface area (TPSA) is 52.7 Å². The maximum Gasteiger partial charge on any atom is 0.245 e. The van der Waals surface area contributed by atoms with E-state index < -0.39 is 0 Å². The molecule has 0 aromatic carbocycles. The number of carbonyl (C=O) groups is 2. The first-order valence-corrected chi connectivity index (χ1v) is 7.53. The van der Waals surface area contributed by atoms with E-state index in [1.165, 1.54) is 0 Å². The lowest BCUT2D eigenvalue weighted by Gasteiger charge is -2.42. The summed E-state index contributed by atoms with van der Waals surface area (Å²) in [5.41, 5.74) is 0. The smallest absolute Gasteiger partial charge is 0.245 e. The van der Waals surface area contributed by atoms with Crippen LogP contribution < -0.4 is 5.32 Å². The summed E-state index contributed by atoms with van der Waals surface area (Å²) in [4.78, 5) is 27.9. The Balaban J connectivity index is 1.81. The normalized spacial score (nSPS) is 23.7. The third kappa shape index (κ3) is 3.47. The van der Waals surface area contributed by atoms with Gasteiger partial charge in [0, 0.05) is 13.1 Å². The van der Waals surface area contributed by atoms with Gasteiger partial charge in [0.25, 0.3) is 0 Å². The van der Waals surface area contributed by atoms with E-state index in [1.807, 2.05) is 0 Å². The van der Waals surface area contributed by atoms with Gasteiger partial charge in [-0.25, -0.2) is 0 Å². The molecule has 108 valence electrons. The first-order valence-electron chi connectivity index (χ1n) is 7.53. The van der Waals surface area contributed by atoms with Crippen LogP contribution in [-0.4, -0.2) is 60.4 Å². The third-order valence-electron chi connectivity index (χ3n) is 3.95. The van der Waals surface area contributed by atoms with E-state index in [1.54, 1.807) is 9.80 Å². The Labute approximate surface area is 115 Å². The van der Waals surface area contributed by atoms with Gasteiger partial charge in [0.2, 0.25) is 11.8 Å². The zero-order chi connectivity index (χ0) is 13.7. The molecule has 2 aliphatic heterocycles. The van der Waals surface area contributed by atoms with Crippen LogP contribution in [0.4, 0.5) is 0 Å². The molecule has 2 amide bonds. The minimum atomic E-state index is -0.168. The predicted molar refractivity (Wildman–Crippen MR) is 73.7 cm³/mol. The van der Waals surface area contributed by atoms with E-state index in [4.69, 9.17) is 0 Å². The standard InChI is InChI=1S/C14H25N3O2/c1-2-7-15-8-5-9-16-11-13(18)17-10-4-3-6-12(17)14(16)19/h12,15H,2-11H2,1H3. The first kappa shape index (κ1) is 14.3. The highest BCUT2D eigenvalue weighted by Crippen LogP contribution is 2.22. The number of piperazine rings is 1. The van der Waals surface area contributed by atoms with Crippen molar-refractivity contribution < 1.29 is 9.59 Å².